The van der Waals surface area contributed by atoms with Crippen molar-refractivity contribution in [1.82, 2.24) is 25.1 Å². The molecule has 1 saturated heterocycles. The van der Waals surface area contributed by atoms with Crippen molar-refractivity contribution in [3.05, 3.63) is 5.82 Å². The first-order chi connectivity index (χ1) is 7.18. The third-order valence-electron chi connectivity index (χ3n) is 2.78. The number of amides is 1. The van der Waals surface area contributed by atoms with Crippen molar-refractivity contribution in [2.45, 2.75) is 18.8 Å². The van der Waals surface area contributed by atoms with Crippen molar-refractivity contribution < 1.29 is 9.90 Å². The van der Waals surface area contributed by atoms with Crippen LogP contribution in [0.25, 0.3) is 0 Å². The Bertz CT molecular complexity index is 356. The zero-order valence-electron chi connectivity index (χ0n) is 8.50. The third-order valence-corrected chi connectivity index (χ3v) is 2.78. The highest BCUT2D eigenvalue weighted by Gasteiger charge is 2.26. The molecule has 1 aliphatic heterocycles. The van der Waals surface area contributed by atoms with Gasteiger partial charge in [-0.15, -0.1) is 5.10 Å². The highest BCUT2D eigenvalue weighted by Crippen LogP contribution is 2.25. The van der Waals surface area contributed by atoms with E-state index in [9.17, 15) is 4.79 Å². The van der Waals surface area contributed by atoms with Gasteiger partial charge < -0.3 is 10.0 Å². The zero-order valence-corrected chi connectivity index (χ0v) is 8.50. The molecule has 0 aromatic carbocycles. The fourth-order valence-electron chi connectivity index (χ4n) is 1.91. The lowest BCUT2D eigenvalue weighted by atomic mass is 9.96. The Labute approximate surface area is 86.7 Å². The van der Waals surface area contributed by atoms with Crippen LogP contribution in [0.15, 0.2) is 0 Å². The van der Waals surface area contributed by atoms with Crippen molar-refractivity contribution in [3.63, 3.8) is 0 Å². The molecule has 0 atom stereocenters. The second-order valence-corrected chi connectivity index (χ2v) is 3.70. The van der Waals surface area contributed by atoms with Gasteiger partial charge in [-0.2, -0.15) is 0 Å². The molecule has 0 unspecified atom stereocenters. The minimum Gasteiger partial charge on any atom is -0.465 e. The Morgan fingerprint density at radius 1 is 1.47 bits per heavy atom. The molecule has 15 heavy (non-hydrogen) atoms. The summed E-state index contributed by atoms with van der Waals surface area (Å²) < 4.78 is 1.65. The molecule has 1 aromatic rings. The number of rotatable bonds is 1. The molecule has 1 fully saturated rings. The maximum Gasteiger partial charge on any atom is 0.407 e. The molecule has 82 valence electrons. The second-order valence-electron chi connectivity index (χ2n) is 3.70. The van der Waals surface area contributed by atoms with Crippen molar-refractivity contribution in [2.75, 3.05) is 13.1 Å². The van der Waals surface area contributed by atoms with Gasteiger partial charge in [0, 0.05) is 26.1 Å². The van der Waals surface area contributed by atoms with Crippen LogP contribution in [0.1, 0.15) is 24.6 Å². The molecule has 2 rings (SSSR count). The number of hydrogen-bond acceptors (Lipinski definition) is 4. The van der Waals surface area contributed by atoms with Crippen LogP contribution in [0.2, 0.25) is 0 Å². The SMILES string of the molecule is Cn1nnnc1C1CCN(C(=O)O)CC1. The van der Waals surface area contributed by atoms with E-state index in [0.29, 0.717) is 13.1 Å². The van der Waals surface area contributed by atoms with Gasteiger partial charge in [0.25, 0.3) is 0 Å². The van der Waals surface area contributed by atoms with Crippen molar-refractivity contribution in [3.8, 4) is 0 Å². The van der Waals surface area contributed by atoms with E-state index in [0.717, 1.165) is 18.7 Å². The van der Waals surface area contributed by atoms with Crippen LogP contribution in [0.3, 0.4) is 0 Å². The number of tetrazole rings is 1. The molecule has 2 heterocycles. The number of carboxylic acid groups (broad SMARTS) is 1. The van der Waals surface area contributed by atoms with Crippen molar-refractivity contribution in [2.24, 2.45) is 7.05 Å². The van der Waals surface area contributed by atoms with Crippen LogP contribution in [0.4, 0.5) is 4.79 Å². The lowest BCUT2D eigenvalue weighted by Gasteiger charge is -2.28. The zero-order chi connectivity index (χ0) is 10.8. The molecule has 0 aliphatic carbocycles. The summed E-state index contributed by atoms with van der Waals surface area (Å²) in [6.45, 7) is 1.12. The Balaban J connectivity index is 2.00. The van der Waals surface area contributed by atoms with Gasteiger partial charge in [0.15, 0.2) is 5.82 Å². The minimum atomic E-state index is -0.843. The number of aromatic nitrogens is 4. The van der Waals surface area contributed by atoms with Crippen LogP contribution in [0, 0.1) is 0 Å². The number of hydrogen-bond donors (Lipinski definition) is 1. The number of likely N-dealkylation sites (tertiary alicyclic amines) is 1. The van der Waals surface area contributed by atoms with Crippen LogP contribution >= 0.6 is 0 Å². The average molecular weight is 211 g/mol. The van der Waals surface area contributed by atoms with Crippen LogP contribution < -0.4 is 0 Å². The maximum absolute atomic E-state index is 10.7. The predicted molar refractivity (Wildman–Crippen MR) is 50.4 cm³/mol. The van der Waals surface area contributed by atoms with E-state index < -0.39 is 6.09 Å². The minimum absolute atomic E-state index is 0.278. The molecule has 0 spiro atoms. The van der Waals surface area contributed by atoms with Gasteiger partial charge in [-0.25, -0.2) is 9.48 Å². The fraction of sp³-hybridized carbons (Fsp3) is 0.750. The van der Waals surface area contributed by atoms with E-state index in [2.05, 4.69) is 15.5 Å². The average Bonchev–Trinajstić information content (AvgIpc) is 2.65. The number of piperidine rings is 1. The summed E-state index contributed by atoms with van der Waals surface area (Å²) in [7, 11) is 1.80. The monoisotopic (exact) mass is 211 g/mol. The topological polar surface area (TPSA) is 84.1 Å². The second kappa shape index (κ2) is 3.84. The summed E-state index contributed by atoms with van der Waals surface area (Å²) in [6.07, 6.45) is 0.741. The molecule has 1 aliphatic rings. The Morgan fingerprint density at radius 3 is 2.60 bits per heavy atom. The van der Waals surface area contributed by atoms with Crippen LogP contribution in [0.5, 0.6) is 0 Å². The predicted octanol–water partition coefficient (Wildman–Crippen LogP) is 0.0675. The molecule has 1 N–H and O–H groups in total. The molecule has 0 radical (unpaired) electrons. The Hall–Kier alpha value is -1.66. The quantitative estimate of drug-likeness (QED) is 0.710. The van der Waals surface area contributed by atoms with Gasteiger partial charge in [0.05, 0.1) is 0 Å². The fourth-order valence-corrected chi connectivity index (χ4v) is 1.91. The molecule has 7 heteroatoms. The van der Waals surface area contributed by atoms with E-state index in [4.69, 9.17) is 5.11 Å². The lowest BCUT2D eigenvalue weighted by Crippen LogP contribution is -2.37. The largest absolute Gasteiger partial charge is 0.465 e. The molecule has 1 aromatic heterocycles. The first-order valence-corrected chi connectivity index (χ1v) is 4.88. The first-order valence-electron chi connectivity index (χ1n) is 4.88. The van der Waals surface area contributed by atoms with Gasteiger partial charge in [-0.1, -0.05) is 0 Å². The summed E-state index contributed by atoms with van der Waals surface area (Å²) >= 11 is 0. The van der Waals surface area contributed by atoms with E-state index in [-0.39, 0.29) is 5.92 Å². The third kappa shape index (κ3) is 1.90. The summed E-state index contributed by atoms with van der Waals surface area (Å²) in [6, 6.07) is 0. The van der Waals surface area contributed by atoms with Gasteiger partial charge in [-0.3, -0.25) is 0 Å². The highest BCUT2D eigenvalue weighted by molar-refractivity contribution is 5.65. The molecule has 0 bridgehead atoms. The maximum atomic E-state index is 10.7. The lowest BCUT2D eigenvalue weighted by molar-refractivity contribution is 0.131. The van der Waals surface area contributed by atoms with Crippen LogP contribution in [-0.2, 0) is 7.05 Å². The van der Waals surface area contributed by atoms with Crippen molar-refractivity contribution in [1.29, 1.82) is 0 Å². The van der Waals surface area contributed by atoms with E-state index in [1.165, 1.54) is 4.90 Å². The van der Waals surface area contributed by atoms with Crippen molar-refractivity contribution >= 4 is 6.09 Å². The number of nitrogens with zero attached hydrogens (tertiary/aromatic N) is 5. The highest BCUT2D eigenvalue weighted by atomic mass is 16.4. The van der Waals surface area contributed by atoms with Gasteiger partial charge in [0.1, 0.15) is 0 Å². The normalized spacial score (nSPS) is 18.1. The molecular formula is C8H13N5O2. The summed E-state index contributed by atoms with van der Waals surface area (Å²) in [5, 5.41) is 20.1. The van der Waals surface area contributed by atoms with Crippen LogP contribution in [-0.4, -0.2) is 49.4 Å². The standard InChI is InChI=1S/C8H13N5O2/c1-12-7(9-10-11-12)6-2-4-13(5-3-6)8(14)15/h6H,2-5H2,1H3,(H,14,15). The van der Waals surface area contributed by atoms with E-state index in [1.807, 2.05) is 0 Å². The number of carbonyl (C=O) groups is 1. The Kier molecular flexibility index (Phi) is 2.53. The van der Waals surface area contributed by atoms with Gasteiger partial charge >= 0.3 is 6.09 Å². The van der Waals surface area contributed by atoms with E-state index in [1.54, 1.807) is 11.7 Å². The first kappa shape index (κ1) is 9.88. The summed E-state index contributed by atoms with van der Waals surface area (Å²) in [4.78, 5) is 12.1. The van der Waals surface area contributed by atoms with E-state index >= 15 is 0 Å². The molecular weight excluding hydrogens is 198 g/mol. The molecule has 1 amide bonds. The smallest absolute Gasteiger partial charge is 0.407 e. The Morgan fingerprint density at radius 2 is 2.13 bits per heavy atom. The van der Waals surface area contributed by atoms with Gasteiger partial charge in [0.2, 0.25) is 0 Å². The van der Waals surface area contributed by atoms with Gasteiger partial charge in [-0.05, 0) is 23.3 Å². The summed E-state index contributed by atoms with van der Waals surface area (Å²) in [5.41, 5.74) is 0. The number of aryl methyl sites for hydroxylation is 1. The molecule has 0 saturated carbocycles. The molecule has 7 nitrogen and oxygen atoms in total. The summed E-state index contributed by atoms with van der Waals surface area (Å²) in [5.74, 6) is 1.13.